The lowest BCUT2D eigenvalue weighted by atomic mass is 9.64. The number of nitriles is 1. The standard InChI is InChI=1S/C20H16N6O2S2/c1-29-19-25-24-18(30-19)26-13-7-4-8-14(27)15(13)20(11(9-21)16(26)22)10-5-2-3-6-12(10)23-17(20)28/h2-3,5-6H,4,7-8,22H2,1H3,(H,23,28)/t20-/m1/s1. The lowest BCUT2D eigenvalue weighted by molar-refractivity contribution is -0.122. The van der Waals surface area contributed by atoms with E-state index in [1.54, 1.807) is 29.2 Å². The number of carbonyl (C=O) groups is 2. The first-order valence-corrected chi connectivity index (χ1v) is 11.3. The second-order valence-corrected chi connectivity index (χ2v) is 9.12. The maximum atomic E-state index is 13.4. The molecule has 1 aromatic heterocycles. The van der Waals surface area contributed by atoms with Gasteiger partial charge in [0.25, 0.3) is 0 Å². The number of thioether (sulfide) groups is 1. The molecule has 1 amide bonds. The molecule has 150 valence electrons. The first kappa shape index (κ1) is 18.8. The summed E-state index contributed by atoms with van der Waals surface area (Å²) in [7, 11) is 0. The van der Waals surface area contributed by atoms with Crippen LogP contribution in [0.2, 0.25) is 0 Å². The molecule has 3 aliphatic rings. The van der Waals surface area contributed by atoms with Crippen molar-refractivity contribution in [2.45, 2.75) is 29.0 Å². The van der Waals surface area contributed by atoms with Crippen molar-refractivity contribution < 1.29 is 9.59 Å². The molecule has 30 heavy (non-hydrogen) atoms. The second-order valence-electron chi connectivity index (χ2n) is 7.11. The van der Waals surface area contributed by atoms with Gasteiger partial charge in [-0.15, -0.1) is 10.2 Å². The van der Waals surface area contributed by atoms with Crippen molar-refractivity contribution in [3.63, 3.8) is 0 Å². The summed E-state index contributed by atoms with van der Waals surface area (Å²) < 4.78 is 0.741. The quantitative estimate of drug-likeness (QED) is 0.689. The van der Waals surface area contributed by atoms with E-state index in [9.17, 15) is 14.9 Å². The number of nitrogens with zero attached hydrogens (tertiary/aromatic N) is 4. The zero-order valence-corrected chi connectivity index (χ0v) is 17.6. The Labute approximate surface area is 180 Å². The number of anilines is 2. The maximum absolute atomic E-state index is 13.4. The Bertz CT molecular complexity index is 1220. The van der Waals surface area contributed by atoms with E-state index in [1.165, 1.54) is 23.1 Å². The fourth-order valence-electron chi connectivity index (χ4n) is 4.54. The Hall–Kier alpha value is -3.16. The zero-order valence-electron chi connectivity index (χ0n) is 15.9. The predicted octanol–water partition coefficient (Wildman–Crippen LogP) is 2.67. The number of Topliss-reactive ketones (excluding diaryl/α,β-unsaturated/α-hetero) is 1. The van der Waals surface area contributed by atoms with E-state index in [0.717, 1.165) is 4.34 Å². The van der Waals surface area contributed by atoms with Crippen molar-refractivity contribution in [3.05, 3.63) is 52.5 Å². The van der Waals surface area contributed by atoms with E-state index in [0.29, 0.717) is 46.9 Å². The number of rotatable bonds is 2. The van der Waals surface area contributed by atoms with Gasteiger partial charge in [0.15, 0.2) is 10.1 Å². The van der Waals surface area contributed by atoms with Crippen LogP contribution >= 0.6 is 23.1 Å². The molecule has 0 saturated carbocycles. The summed E-state index contributed by atoms with van der Waals surface area (Å²) >= 11 is 2.78. The van der Waals surface area contributed by atoms with Gasteiger partial charge in [0.2, 0.25) is 11.0 Å². The van der Waals surface area contributed by atoms with Crippen molar-refractivity contribution in [2.75, 3.05) is 16.5 Å². The molecule has 0 unspecified atom stereocenters. The topological polar surface area (TPSA) is 125 Å². The first-order chi connectivity index (χ1) is 14.5. The van der Waals surface area contributed by atoms with Gasteiger partial charge in [-0.25, -0.2) is 0 Å². The zero-order chi connectivity index (χ0) is 21.0. The minimum absolute atomic E-state index is 0.0415. The SMILES string of the molecule is CSc1nnc(N2C(N)=C(C#N)[C@@]3(C(=O)Nc4ccccc43)C3=C2CCCC3=O)s1. The van der Waals surface area contributed by atoms with Crippen molar-refractivity contribution >= 4 is 45.6 Å². The average Bonchev–Trinajstić information content (AvgIpc) is 3.32. The number of aromatic nitrogens is 2. The lowest BCUT2D eigenvalue weighted by Crippen LogP contribution is -2.50. The molecule has 1 aromatic carbocycles. The minimum Gasteiger partial charge on any atom is -0.384 e. The summed E-state index contributed by atoms with van der Waals surface area (Å²) in [6, 6.07) is 9.28. The van der Waals surface area contributed by atoms with E-state index in [-0.39, 0.29) is 17.2 Å². The second kappa shape index (κ2) is 6.68. The molecule has 5 rings (SSSR count). The van der Waals surface area contributed by atoms with E-state index < -0.39 is 11.3 Å². The first-order valence-electron chi connectivity index (χ1n) is 9.29. The van der Waals surface area contributed by atoms with Crippen LogP contribution in [0.5, 0.6) is 0 Å². The molecule has 1 spiro atoms. The molecule has 0 radical (unpaired) electrons. The highest BCUT2D eigenvalue weighted by molar-refractivity contribution is 8.00. The number of para-hydroxylation sites is 1. The molecule has 1 aliphatic carbocycles. The molecule has 0 bridgehead atoms. The fourth-order valence-corrected chi connectivity index (χ4v) is 5.84. The van der Waals surface area contributed by atoms with Crippen LogP contribution in [0.4, 0.5) is 10.8 Å². The van der Waals surface area contributed by atoms with Gasteiger partial charge in [-0.2, -0.15) is 5.26 Å². The van der Waals surface area contributed by atoms with Gasteiger partial charge >= 0.3 is 0 Å². The van der Waals surface area contributed by atoms with Crippen LogP contribution < -0.4 is 16.0 Å². The number of hydrogen-bond donors (Lipinski definition) is 2. The number of hydrogen-bond acceptors (Lipinski definition) is 9. The molecule has 0 fully saturated rings. The summed E-state index contributed by atoms with van der Waals surface area (Å²) in [5.41, 5.74) is 7.15. The van der Waals surface area contributed by atoms with Crippen LogP contribution in [0.15, 0.2) is 51.3 Å². The Balaban J connectivity index is 1.86. The number of allylic oxidation sites excluding steroid dienone is 1. The smallest absolute Gasteiger partial charge is 0.245 e. The van der Waals surface area contributed by atoms with Crippen LogP contribution in [0.25, 0.3) is 0 Å². The number of benzene rings is 1. The minimum atomic E-state index is -1.54. The maximum Gasteiger partial charge on any atom is 0.245 e. The molecule has 0 saturated heterocycles. The van der Waals surface area contributed by atoms with Crippen molar-refractivity contribution in [1.82, 2.24) is 10.2 Å². The Morgan fingerprint density at radius 1 is 1.30 bits per heavy atom. The summed E-state index contributed by atoms with van der Waals surface area (Å²) in [6.07, 6.45) is 3.39. The molecular formula is C20H16N6O2S2. The highest BCUT2D eigenvalue weighted by Crippen LogP contribution is 2.55. The van der Waals surface area contributed by atoms with Crippen LogP contribution in [0.3, 0.4) is 0 Å². The molecule has 10 heteroatoms. The summed E-state index contributed by atoms with van der Waals surface area (Å²) in [4.78, 5) is 28.3. The van der Waals surface area contributed by atoms with Crippen LogP contribution in [-0.4, -0.2) is 28.1 Å². The van der Waals surface area contributed by atoms with E-state index in [1.807, 2.05) is 6.26 Å². The largest absolute Gasteiger partial charge is 0.384 e. The number of nitrogens with one attached hydrogen (secondary N) is 1. The Morgan fingerprint density at radius 2 is 2.10 bits per heavy atom. The van der Waals surface area contributed by atoms with Gasteiger partial charge in [0.1, 0.15) is 17.3 Å². The number of nitrogens with two attached hydrogens (primary N) is 1. The highest BCUT2D eigenvalue weighted by atomic mass is 32.2. The summed E-state index contributed by atoms with van der Waals surface area (Å²) in [6.45, 7) is 0. The lowest BCUT2D eigenvalue weighted by Gasteiger charge is -2.42. The van der Waals surface area contributed by atoms with Crippen molar-refractivity contribution in [1.29, 1.82) is 5.26 Å². The molecule has 3 heterocycles. The fraction of sp³-hybridized carbons (Fsp3) is 0.250. The summed E-state index contributed by atoms with van der Waals surface area (Å²) in [5.74, 6) is -0.461. The molecule has 1 atom stereocenters. The predicted molar refractivity (Wildman–Crippen MR) is 114 cm³/mol. The van der Waals surface area contributed by atoms with Gasteiger partial charge in [0.05, 0.1) is 5.57 Å². The van der Waals surface area contributed by atoms with Gasteiger partial charge in [-0.05, 0) is 25.2 Å². The Morgan fingerprint density at radius 3 is 2.83 bits per heavy atom. The average molecular weight is 437 g/mol. The van der Waals surface area contributed by atoms with Crippen LogP contribution in [-0.2, 0) is 15.0 Å². The number of amides is 1. The number of ketones is 1. The van der Waals surface area contributed by atoms with Crippen molar-refractivity contribution in [2.24, 2.45) is 5.73 Å². The van der Waals surface area contributed by atoms with Gasteiger partial charge < -0.3 is 11.1 Å². The van der Waals surface area contributed by atoms with Gasteiger partial charge in [0, 0.05) is 28.9 Å². The van der Waals surface area contributed by atoms with Crippen LogP contribution in [0, 0.1) is 11.3 Å². The highest BCUT2D eigenvalue weighted by Gasteiger charge is 2.60. The van der Waals surface area contributed by atoms with E-state index in [2.05, 4.69) is 21.6 Å². The third-order valence-corrected chi connectivity index (χ3v) is 7.58. The molecule has 3 N–H and O–H groups in total. The number of fused-ring (bicyclic) bond motifs is 3. The third-order valence-electron chi connectivity index (χ3n) is 5.70. The Kier molecular flexibility index (Phi) is 4.20. The normalized spacial score (nSPS) is 22.9. The van der Waals surface area contributed by atoms with Gasteiger partial charge in [-0.1, -0.05) is 41.3 Å². The van der Waals surface area contributed by atoms with Gasteiger partial charge in [-0.3, -0.25) is 14.5 Å². The molecule has 2 aromatic rings. The van der Waals surface area contributed by atoms with Crippen LogP contribution in [0.1, 0.15) is 24.8 Å². The van der Waals surface area contributed by atoms with E-state index in [4.69, 9.17) is 5.73 Å². The summed E-state index contributed by atoms with van der Waals surface area (Å²) in [5, 5.41) is 21.9. The molecule has 8 nitrogen and oxygen atoms in total. The monoisotopic (exact) mass is 436 g/mol. The third kappa shape index (κ3) is 2.27. The number of carbonyl (C=O) groups excluding carboxylic acids is 2. The van der Waals surface area contributed by atoms with E-state index >= 15 is 0 Å². The molecule has 2 aliphatic heterocycles. The van der Waals surface area contributed by atoms with Crippen molar-refractivity contribution in [3.8, 4) is 6.07 Å². The molecular weight excluding hydrogens is 420 g/mol.